The second-order valence-electron chi connectivity index (χ2n) is 4.60. The third-order valence-corrected chi connectivity index (χ3v) is 3.70. The van der Waals surface area contributed by atoms with Crippen molar-refractivity contribution in [2.24, 2.45) is 5.73 Å². The fourth-order valence-electron chi connectivity index (χ4n) is 2.04. The van der Waals surface area contributed by atoms with Crippen LogP contribution in [0.5, 0.6) is 5.75 Å². The molecular weight excluding hydrogens is 316 g/mol. The molecule has 2 rings (SSSR count). The number of benzene rings is 1. The number of carbonyl (C=O) groups excluding carboxylic acids is 1. The van der Waals surface area contributed by atoms with E-state index in [4.69, 9.17) is 10.8 Å². The molecule has 0 aliphatic carbocycles. The van der Waals surface area contributed by atoms with Gasteiger partial charge in [0.1, 0.15) is 11.3 Å². The summed E-state index contributed by atoms with van der Waals surface area (Å²) in [5.74, 6) is -1.69. The van der Waals surface area contributed by atoms with Crippen molar-refractivity contribution in [1.29, 1.82) is 0 Å². The fraction of sp³-hybridized carbons (Fsp3) is 0.333. The molecule has 6 nitrogen and oxygen atoms in total. The maximum absolute atomic E-state index is 12.2. The lowest BCUT2D eigenvalue weighted by Crippen LogP contribution is -2.50. The highest BCUT2D eigenvalue weighted by molar-refractivity contribution is 9.10. The first kappa shape index (κ1) is 13.8. The van der Waals surface area contributed by atoms with E-state index in [-0.39, 0.29) is 30.8 Å². The van der Waals surface area contributed by atoms with Crippen LogP contribution in [0.1, 0.15) is 16.8 Å². The van der Waals surface area contributed by atoms with Crippen LogP contribution in [-0.2, 0) is 4.79 Å². The van der Waals surface area contributed by atoms with Gasteiger partial charge in [0.25, 0.3) is 5.91 Å². The predicted molar refractivity (Wildman–Crippen MR) is 70.9 cm³/mol. The molecule has 19 heavy (non-hydrogen) atoms. The molecule has 1 aromatic carbocycles. The molecule has 1 heterocycles. The lowest BCUT2D eigenvalue weighted by molar-refractivity contribution is -0.142. The summed E-state index contributed by atoms with van der Waals surface area (Å²) in [6.45, 7) is 0.202. The number of nitrogens with two attached hydrogens (primary N) is 1. The summed E-state index contributed by atoms with van der Waals surface area (Å²) >= 11 is 3.18. The Morgan fingerprint density at radius 2 is 2.11 bits per heavy atom. The second-order valence-corrected chi connectivity index (χ2v) is 5.52. The monoisotopic (exact) mass is 328 g/mol. The number of rotatable bonds is 2. The number of phenolic OH excluding ortho intramolecular Hbond substituents is 1. The van der Waals surface area contributed by atoms with E-state index >= 15 is 0 Å². The minimum absolute atomic E-state index is 0.0589. The van der Waals surface area contributed by atoms with Crippen LogP contribution in [0, 0.1) is 0 Å². The Kier molecular flexibility index (Phi) is 3.51. The lowest BCUT2D eigenvalue weighted by atomic mass is 10.0. The van der Waals surface area contributed by atoms with Gasteiger partial charge in [-0.3, -0.25) is 9.59 Å². The molecule has 102 valence electrons. The number of amides is 1. The molecule has 0 radical (unpaired) electrons. The van der Waals surface area contributed by atoms with Crippen molar-refractivity contribution >= 4 is 27.8 Å². The van der Waals surface area contributed by atoms with Gasteiger partial charge in [0, 0.05) is 17.6 Å². The van der Waals surface area contributed by atoms with E-state index in [0.29, 0.717) is 4.47 Å². The molecule has 1 aliphatic rings. The molecule has 0 saturated carbocycles. The molecule has 1 unspecified atom stereocenters. The van der Waals surface area contributed by atoms with Crippen LogP contribution < -0.4 is 5.73 Å². The summed E-state index contributed by atoms with van der Waals surface area (Å²) in [6, 6.07) is 4.53. The van der Waals surface area contributed by atoms with Crippen LogP contribution in [0.15, 0.2) is 22.7 Å². The number of aromatic hydroxyl groups is 1. The van der Waals surface area contributed by atoms with Gasteiger partial charge in [0.15, 0.2) is 0 Å². The van der Waals surface area contributed by atoms with Crippen molar-refractivity contribution in [2.45, 2.75) is 12.0 Å². The zero-order valence-corrected chi connectivity index (χ0v) is 11.6. The molecule has 0 spiro atoms. The largest absolute Gasteiger partial charge is 0.507 e. The predicted octanol–water partition coefficient (Wildman–Crippen LogP) is 0.783. The standard InChI is InChI=1S/C12H13BrN2O4/c13-7-1-2-8(9(16)5-7)10(17)15-4-3-12(14,6-15)11(18)19/h1-2,5,16H,3-4,6,14H2,(H,18,19). The van der Waals surface area contributed by atoms with Crippen LogP contribution in [0.25, 0.3) is 0 Å². The highest BCUT2D eigenvalue weighted by Crippen LogP contribution is 2.26. The average Bonchev–Trinajstić information content (AvgIpc) is 2.73. The zero-order chi connectivity index (χ0) is 14.2. The number of carbonyl (C=O) groups is 2. The van der Waals surface area contributed by atoms with Crippen molar-refractivity contribution in [3.8, 4) is 5.75 Å². The number of nitrogens with zero attached hydrogens (tertiary/aromatic N) is 1. The molecule has 4 N–H and O–H groups in total. The minimum Gasteiger partial charge on any atom is -0.507 e. The lowest BCUT2D eigenvalue weighted by Gasteiger charge is -2.20. The second kappa shape index (κ2) is 4.82. The summed E-state index contributed by atoms with van der Waals surface area (Å²) in [4.78, 5) is 24.6. The van der Waals surface area contributed by atoms with E-state index in [1.807, 2.05) is 0 Å². The molecule has 1 saturated heterocycles. The Morgan fingerprint density at radius 3 is 2.63 bits per heavy atom. The third-order valence-electron chi connectivity index (χ3n) is 3.20. The Bertz CT molecular complexity index is 549. The van der Waals surface area contributed by atoms with Crippen LogP contribution in [0.4, 0.5) is 0 Å². The van der Waals surface area contributed by atoms with Gasteiger partial charge >= 0.3 is 5.97 Å². The van der Waals surface area contributed by atoms with Crippen molar-refractivity contribution in [3.05, 3.63) is 28.2 Å². The van der Waals surface area contributed by atoms with Gasteiger partial charge in [-0.25, -0.2) is 0 Å². The van der Waals surface area contributed by atoms with Crippen molar-refractivity contribution in [1.82, 2.24) is 4.90 Å². The summed E-state index contributed by atoms with van der Waals surface area (Å²) in [6.07, 6.45) is 0.200. The number of halogens is 1. The van der Waals surface area contributed by atoms with Gasteiger partial charge in [-0.1, -0.05) is 15.9 Å². The zero-order valence-electron chi connectivity index (χ0n) is 9.97. The first-order valence-electron chi connectivity index (χ1n) is 5.63. The Labute approximate surface area is 117 Å². The van der Waals surface area contributed by atoms with E-state index in [9.17, 15) is 14.7 Å². The van der Waals surface area contributed by atoms with Gasteiger partial charge in [0.2, 0.25) is 0 Å². The van der Waals surface area contributed by atoms with Gasteiger partial charge in [-0.05, 0) is 24.6 Å². The maximum atomic E-state index is 12.2. The normalized spacial score (nSPS) is 22.5. The maximum Gasteiger partial charge on any atom is 0.325 e. The number of hydrogen-bond acceptors (Lipinski definition) is 4. The fourth-order valence-corrected chi connectivity index (χ4v) is 2.39. The van der Waals surface area contributed by atoms with E-state index in [0.717, 1.165) is 0 Å². The van der Waals surface area contributed by atoms with E-state index < -0.39 is 17.4 Å². The molecular formula is C12H13BrN2O4. The first-order chi connectivity index (χ1) is 8.83. The summed E-state index contributed by atoms with van der Waals surface area (Å²) in [7, 11) is 0. The molecule has 1 atom stereocenters. The molecule has 1 amide bonds. The highest BCUT2D eigenvalue weighted by atomic mass is 79.9. The van der Waals surface area contributed by atoms with E-state index in [2.05, 4.69) is 15.9 Å². The van der Waals surface area contributed by atoms with Gasteiger partial charge in [-0.2, -0.15) is 0 Å². The topological polar surface area (TPSA) is 104 Å². The van der Waals surface area contributed by atoms with Gasteiger partial charge in [0.05, 0.1) is 5.56 Å². The molecule has 1 aromatic rings. The van der Waals surface area contributed by atoms with E-state index in [1.165, 1.54) is 17.0 Å². The average molecular weight is 329 g/mol. The smallest absolute Gasteiger partial charge is 0.325 e. The Morgan fingerprint density at radius 1 is 1.42 bits per heavy atom. The van der Waals surface area contributed by atoms with Crippen LogP contribution in [0.3, 0.4) is 0 Å². The molecule has 1 aliphatic heterocycles. The molecule has 1 fully saturated rings. The number of aliphatic carboxylic acids is 1. The van der Waals surface area contributed by atoms with Crippen molar-refractivity contribution in [2.75, 3.05) is 13.1 Å². The van der Waals surface area contributed by atoms with Crippen molar-refractivity contribution < 1.29 is 19.8 Å². The first-order valence-corrected chi connectivity index (χ1v) is 6.43. The van der Waals surface area contributed by atoms with Gasteiger partial charge < -0.3 is 20.8 Å². The number of likely N-dealkylation sites (tertiary alicyclic amines) is 1. The quantitative estimate of drug-likeness (QED) is 0.744. The number of carboxylic acid groups (broad SMARTS) is 1. The van der Waals surface area contributed by atoms with Crippen LogP contribution in [-0.4, -0.2) is 45.6 Å². The molecule has 0 bridgehead atoms. The SMILES string of the molecule is NC1(C(=O)O)CCN(C(=O)c2ccc(Br)cc2O)C1. The van der Waals surface area contributed by atoms with Crippen molar-refractivity contribution in [3.63, 3.8) is 0 Å². The Balaban J connectivity index is 2.20. The van der Waals surface area contributed by atoms with Gasteiger partial charge in [-0.15, -0.1) is 0 Å². The van der Waals surface area contributed by atoms with Crippen LogP contribution >= 0.6 is 15.9 Å². The highest BCUT2D eigenvalue weighted by Gasteiger charge is 2.43. The van der Waals surface area contributed by atoms with Crippen LogP contribution in [0.2, 0.25) is 0 Å². The number of carboxylic acids is 1. The molecule has 0 aromatic heterocycles. The minimum atomic E-state index is -1.40. The summed E-state index contributed by atoms with van der Waals surface area (Å²) in [5.41, 5.74) is 4.44. The third kappa shape index (κ3) is 2.57. The Hall–Kier alpha value is -1.60. The number of phenols is 1. The summed E-state index contributed by atoms with van der Waals surface area (Å²) < 4.78 is 0.654. The number of hydrogen-bond donors (Lipinski definition) is 3. The van der Waals surface area contributed by atoms with E-state index in [1.54, 1.807) is 6.07 Å². The summed E-state index contributed by atoms with van der Waals surface area (Å²) in [5, 5.41) is 18.8. The molecule has 7 heteroatoms.